The third-order valence-corrected chi connectivity index (χ3v) is 6.34. The number of nitrogens with zero attached hydrogens (tertiary/aromatic N) is 2. The predicted octanol–water partition coefficient (Wildman–Crippen LogP) is 3.01. The molecule has 3 amide bonds. The molecule has 1 aliphatic rings. The number of anilines is 1. The Hall–Kier alpha value is -2.62. The lowest BCUT2D eigenvalue weighted by molar-refractivity contribution is -0.131. The van der Waals surface area contributed by atoms with E-state index in [2.05, 4.69) is 22.6 Å². The number of halogens is 1. The Kier molecular flexibility index (Phi) is 8.11. The maximum atomic E-state index is 13.0. The molecular formula is C22H27ClN4O4S. The molecule has 1 aromatic carbocycles. The van der Waals surface area contributed by atoms with Crippen LogP contribution in [0.4, 0.5) is 10.5 Å². The highest BCUT2D eigenvalue weighted by Gasteiger charge is 2.26. The zero-order chi connectivity index (χ0) is 23.3. The van der Waals surface area contributed by atoms with Gasteiger partial charge in [-0.15, -0.1) is 0 Å². The first-order valence-corrected chi connectivity index (χ1v) is 11.5. The van der Waals surface area contributed by atoms with Crippen LogP contribution in [0.3, 0.4) is 0 Å². The summed E-state index contributed by atoms with van der Waals surface area (Å²) in [5.74, 6) is -0.790. The number of thiophene rings is 1. The average Bonchev–Trinajstić information content (AvgIpc) is 3.05. The first kappa shape index (κ1) is 24.0. The lowest BCUT2D eigenvalue weighted by Crippen LogP contribution is -2.47. The number of likely N-dealkylation sites (N-methyl/N-ethyl adjacent to an activating group) is 1. The molecule has 0 saturated heterocycles. The third-order valence-electron chi connectivity index (χ3n) is 5.23. The maximum Gasteiger partial charge on any atom is 0.414 e. The summed E-state index contributed by atoms with van der Waals surface area (Å²) >= 11 is 6.94. The molecule has 1 aliphatic heterocycles. The van der Waals surface area contributed by atoms with Gasteiger partial charge in [0.1, 0.15) is 6.04 Å². The van der Waals surface area contributed by atoms with Crippen molar-refractivity contribution in [3.8, 4) is 5.06 Å². The number of ether oxygens (including phenoxy) is 1. The molecule has 0 radical (unpaired) electrons. The van der Waals surface area contributed by atoms with Crippen molar-refractivity contribution in [2.24, 2.45) is 0 Å². The highest BCUT2D eigenvalue weighted by Crippen LogP contribution is 2.28. The second-order valence-corrected chi connectivity index (χ2v) is 9.59. The third kappa shape index (κ3) is 6.69. The lowest BCUT2D eigenvalue weighted by Gasteiger charge is -2.20. The molecule has 0 spiro atoms. The number of amides is 3. The van der Waals surface area contributed by atoms with Gasteiger partial charge in [-0.05, 0) is 55.3 Å². The first-order valence-electron chi connectivity index (χ1n) is 10.3. The zero-order valence-electron chi connectivity index (χ0n) is 18.3. The van der Waals surface area contributed by atoms with E-state index in [-0.39, 0.29) is 12.3 Å². The SMILES string of the molecule is CN1CCc2ccc(NC(=O)C(CC(=O)N(C)C)NC(=O)Oc3ccc(Cl)s3)cc2CC1. The van der Waals surface area contributed by atoms with Gasteiger partial charge in [0.25, 0.3) is 0 Å². The van der Waals surface area contributed by atoms with Crippen molar-refractivity contribution < 1.29 is 19.1 Å². The van der Waals surface area contributed by atoms with E-state index >= 15 is 0 Å². The normalized spacial score (nSPS) is 14.6. The largest absolute Gasteiger partial charge is 0.414 e. The highest BCUT2D eigenvalue weighted by atomic mass is 35.5. The molecule has 2 aromatic rings. The fourth-order valence-electron chi connectivity index (χ4n) is 3.33. The monoisotopic (exact) mass is 478 g/mol. The van der Waals surface area contributed by atoms with Crippen LogP contribution >= 0.6 is 22.9 Å². The van der Waals surface area contributed by atoms with E-state index in [1.54, 1.807) is 26.2 Å². The van der Waals surface area contributed by atoms with Gasteiger partial charge in [0.2, 0.25) is 11.8 Å². The molecule has 8 nitrogen and oxygen atoms in total. The van der Waals surface area contributed by atoms with Crippen LogP contribution in [0.2, 0.25) is 4.34 Å². The molecule has 10 heteroatoms. The topological polar surface area (TPSA) is 91.0 Å². The number of hydrogen-bond donors (Lipinski definition) is 2. The van der Waals surface area contributed by atoms with Crippen molar-refractivity contribution in [1.29, 1.82) is 0 Å². The molecule has 0 bridgehead atoms. The molecule has 0 saturated carbocycles. The molecule has 0 fully saturated rings. The Morgan fingerprint density at radius 2 is 1.88 bits per heavy atom. The summed E-state index contributed by atoms with van der Waals surface area (Å²) in [6, 6.07) is 7.89. The second-order valence-electron chi connectivity index (χ2n) is 7.91. The minimum absolute atomic E-state index is 0.200. The number of benzene rings is 1. The molecule has 1 atom stereocenters. The summed E-state index contributed by atoms with van der Waals surface area (Å²) in [5, 5.41) is 5.62. The van der Waals surface area contributed by atoms with Crippen molar-refractivity contribution in [1.82, 2.24) is 15.1 Å². The number of carbonyl (C=O) groups excluding carboxylic acids is 3. The molecule has 2 N–H and O–H groups in total. The van der Waals surface area contributed by atoms with Crippen LogP contribution in [0, 0.1) is 0 Å². The zero-order valence-corrected chi connectivity index (χ0v) is 19.9. The number of hydrogen-bond acceptors (Lipinski definition) is 6. The lowest BCUT2D eigenvalue weighted by atomic mass is 10.0. The molecule has 0 aliphatic carbocycles. The smallest absolute Gasteiger partial charge is 0.399 e. The summed E-state index contributed by atoms with van der Waals surface area (Å²) in [6.45, 7) is 1.94. The molecule has 32 heavy (non-hydrogen) atoms. The van der Waals surface area contributed by atoms with Gasteiger partial charge in [0, 0.05) is 32.9 Å². The second kappa shape index (κ2) is 10.8. The molecule has 172 valence electrons. The molecule has 1 aromatic heterocycles. The van der Waals surface area contributed by atoms with E-state index in [9.17, 15) is 14.4 Å². The summed E-state index contributed by atoms with van der Waals surface area (Å²) < 4.78 is 5.65. The van der Waals surface area contributed by atoms with Gasteiger partial charge >= 0.3 is 6.09 Å². The minimum Gasteiger partial charge on any atom is -0.399 e. The summed E-state index contributed by atoms with van der Waals surface area (Å²) in [7, 11) is 5.27. The Morgan fingerprint density at radius 3 is 2.53 bits per heavy atom. The quantitative estimate of drug-likeness (QED) is 0.666. The van der Waals surface area contributed by atoms with Crippen LogP contribution in [0.1, 0.15) is 17.5 Å². The number of rotatable bonds is 6. The van der Waals surface area contributed by atoms with E-state index in [0.717, 1.165) is 37.3 Å². The minimum atomic E-state index is -1.10. The Morgan fingerprint density at radius 1 is 1.16 bits per heavy atom. The van der Waals surface area contributed by atoms with Gasteiger partial charge < -0.3 is 25.2 Å². The van der Waals surface area contributed by atoms with E-state index in [1.807, 2.05) is 18.2 Å². The van der Waals surface area contributed by atoms with Crippen molar-refractivity contribution >= 4 is 46.5 Å². The van der Waals surface area contributed by atoms with E-state index in [0.29, 0.717) is 15.1 Å². The molecular weight excluding hydrogens is 452 g/mol. The van der Waals surface area contributed by atoms with Gasteiger partial charge in [-0.1, -0.05) is 29.0 Å². The van der Waals surface area contributed by atoms with Gasteiger partial charge in [0.15, 0.2) is 5.06 Å². The van der Waals surface area contributed by atoms with Gasteiger partial charge in [-0.3, -0.25) is 9.59 Å². The van der Waals surface area contributed by atoms with Crippen LogP contribution in [0.5, 0.6) is 5.06 Å². The van der Waals surface area contributed by atoms with Crippen LogP contribution < -0.4 is 15.4 Å². The van der Waals surface area contributed by atoms with Crippen molar-refractivity contribution in [3.05, 3.63) is 45.8 Å². The van der Waals surface area contributed by atoms with Crippen LogP contribution in [0.25, 0.3) is 0 Å². The molecule has 2 heterocycles. The van der Waals surface area contributed by atoms with Crippen LogP contribution in [0.15, 0.2) is 30.3 Å². The highest BCUT2D eigenvalue weighted by molar-refractivity contribution is 7.17. The number of fused-ring (bicyclic) bond motifs is 1. The van der Waals surface area contributed by atoms with Crippen molar-refractivity contribution in [2.45, 2.75) is 25.3 Å². The van der Waals surface area contributed by atoms with Crippen LogP contribution in [-0.4, -0.2) is 68.0 Å². The Labute approximate surface area is 196 Å². The summed E-state index contributed by atoms with van der Waals surface area (Å²) in [5.41, 5.74) is 3.08. The molecule has 3 rings (SSSR count). The predicted molar refractivity (Wildman–Crippen MR) is 126 cm³/mol. The van der Waals surface area contributed by atoms with Crippen molar-refractivity contribution in [2.75, 3.05) is 39.5 Å². The van der Waals surface area contributed by atoms with Gasteiger partial charge in [0.05, 0.1) is 10.8 Å². The fraction of sp³-hybridized carbons (Fsp3) is 0.409. The van der Waals surface area contributed by atoms with E-state index in [1.165, 1.54) is 16.0 Å². The first-order chi connectivity index (χ1) is 15.2. The van der Waals surface area contributed by atoms with Crippen LogP contribution in [-0.2, 0) is 22.4 Å². The molecule has 1 unspecified atom stereocenters. The summed E-state index contributed by atoms with van der Waals surface area (Å²) in [6.07, 6.45) is 0.821. The Bertz CT molecular complexity index is 994. The summed E-state index contributed by atoms with van der Waals surface area (Å²) in [4.78, 5) is 41.2. The average molecular weight is 479 g/mol. The van der Waals surface area contributed by atoms with Gasteiger partial charge in [-0.2, -0.15) is 0 Å². The van der Waals surface area contributed by atoms with Crippen molar-refractivity contribution in [3.63, 3.8) is 0 Å². The number of carbonyl (C=O) groups is 3. The standard InChI is InChI=1S/C22H27ClN4O4S/c1-26(2)19(28)13-17(25-22(30)31-20-7-6-18(23)32-20)21(29)24-16-5-4-14-8-10-27(3)11-9-15(14)12-16/h4-7,12,17H,8-11,13H2,1-3H3,(H,24,29)(H,25,30). The van der Waals surface area contributed by atoms with E-state index < -0.39 is 18.0 Å². The number of nitrogens with one attached hydrogen (secondary N) is 2. The fourth-order valence-corrected chi connectivity index (χ4v) is 4.20. The van der Waals surface area contributed by atoms with E-state index in [4.69, 9.17) is 16.3 Å². The Balaban J connectivity index is 1.70. The maximum absolute atomic E-state index is 13.0. The van der Waals surface area contributed by atoms with Gasteiger partial charge in [-0.25, -0.2) is 4.79 Å².